The maximum absolute atomic E-state index is 10.5. The zero-order valence-electron chi connectivity index (χ0n) is 14.5. The first-order chi connectivity index (χ1) is 12.6. The highest BCUT2D eigenvalue weighted by Crippen LogP contribution is 2.44. The number of benzene rings is 2. The predicted molar refractivity (Wildman–Crippen MR) is 104 cm³/mol. The third-order valence-electron chi connectivity index (χ3n) is 3.95. The van der Waals surface area contributed by atoms with E-state index in [2.05, 4.69) is 12.9 Å². The van der Waals surface area contributed by atoms with E-state index in [1.165, 1.54) is 30.3 Å². The van der Waals surface area contributed by atoms with Gasteiger partial charge in [-0.3, -0.25) is 0 Å². The topological polar surface area (TPSA) is 120 Å². The number of aliphatic hydroxyl groups excluding tert-OH is 1. The minimum absolute atomic E-state index is 0.0133. The Hall–Kier alpha value is -2.86. The van der Waals surface area contributed by atoms with Gasteiger partial charge in [-0.1, -0.05) is 6.58 Å². The molecule has 0 radical (unpaired) electrons. The van der Waals surface area contributed by atoms with Crippen LogP contribution in [0.3, 0.4) is 0 Å². The van der Waals surface area contributed by atoms with Crippen LogP contribution in [0.15, 0.2) is 42.7 Å². The number of aryl methyl sites for hydroxylation is 1. The van der Waals surface area contributed by atoms with Crippen molar-refractivity contribution in [2.45, 2.75) is 6.92 Å². The van der Waals surface area contributed by atoms with Gasteiger partial charge in [-0.05, 0) is 43.1 Å². The van der Waals surface area contributed by atoms with Gasteiger partial charge in [-0.25, -0.2) is 0 Å². The number of aromatic hydroxyl groups is 2. The van der Waals surface area contributed by atoms with Crippen molar-refractivity contribution in [2.24, 2.45) is 0 Å². The summed E-state index contributed by atoms with van der Waals surface area (Å²) < 4.78 is 10.9. The minimum Gasteiger partial charge on any atom is -0.508 e. The van der Waals surface area contributed by atoms with E-state index in [1.54, 1.807) is 6.92 Å². The molecule has 0 saturated heterocycles. The number of fused-ring (bicyclic) bond motifs is 1. The summed E-state index contributed by atoms with van der Waals surface area (Å²) in [6.07, 6.45) is 2.75. The van der Waals surface area contributed by atoms with E-state index in [9.17, 15) is 25.1 Å². The fourth-order valence-corrected chi connectivity index (χ4v) is 3.11. The van der Waals surface area contributed by atoms with Gasteiger partial charge in [0.1, 0.15) is 18.8 Å². The van der Waals surface area contributed by atoms with Crippen LogP contribution in [0.4, 0.5) is 0 Å². The van der Waals surface area contributed by atoms with E-state index < -0.39 is 13.7 Å². The number of ether oxygens (including phenoxy) is 2. The zero-order chi connectivity index (χ0) is 19.9. The molecule has 0 aliphatic carbocycles. The molecule has 8 heteroatoms. The number of rotatable bonds is 4. The van der Waals surface area contributed by atoms with Crippen molar-refractivity contribution in [2.75, 3.05) is 6.35 Å². The molecule has 0 amide bonds. The average Bonchev–Trinajstić information content (AvgIpc) is 2.55. The van der Waals surface area contributed by atoms with Crippen molar-refractivity contribution >= 4 is 25.0 Å². The Bertz CT molecular complexity index is 1020. The van der Waals surface area contributed by atoms with Crippen molar-refractivity contribution < 1.29 is 34.6 Å². The van der Waals surface area contributed by atoms with Gasteiger partial charge < -0.3 is 34.6 Å². The van der Waals surface area contributed by atoms with Crippen molar-refractivity contribution in [1.82, 2.24) is 0 Å². The highest BCUT2D eigenvalue weighted by atomic mass is 31.2. The molecule has 1 aliphatic heterocycles. The third kappa shape index (κ3) is 3.80. The Kier molecular flexibility index (Phi) is 4.70. The molecule has 0 bridgehead atoms. The standard InChI is InChI=1S/C19H19O7P/c1-10-6-13(20)8-16-17(10)11(2)18(22)19(26-16)12-4-5-15(14(21)7-12)25-9-27(3,23)24/h4-8,20-24H,2-3,9H2,1H3. The summed E-state index contributed by atoms with van der Waals surface area (Å²) in [5, 5.41) is 30.4. The molecule has 1 aliphatic rings. The smallest absolute Gasteiger partial charge is 0.177 e. The second kappa shape index (κ2) is 6.70. The van der Waals surface area contributed by atoms with Crippen LogP contribution in [-0.4, -0.2) is 37.8 Å². The van der Waals surface area contributed by atoms with Crippen LogP contribution in [0.2, 0.25) is 0 Å². The van der Waals surface area contributed by atoms with Crippen LogP contribution >= 0.6 is 7.34 Å². The molecule has 0 unspecified atom stereocenters. The normalized spacial score (nSPS) is 14.0. The largest absolute Gasteiger partial charge is 0.508 e. The Balaban J connectivity index is 1.97. The maximum atomic E-state index is 10.5. The van der Waals surface area contributed by atoms with Gasteiger partial charge in [0.25, 0.3) is 0 Å². The average molecular weight is 390 g/mol. The van der Waals surface area contributed by atoms with E-state index in [-0.39, 0.29) is 28.8 Å². The van der Waals surface area contributed by atoms with Crippen molar-refractivity contribution in [3.63, 3.8) is 0 Å². The molecular weight excluding hydrogens is 371 g/mol. The van der Waals surface area contributed by atoms with Gasteiger partial charge in [0.2, 0.25) is 0 Å². The summed E-state index contributed by atoms with van der Waals surface area (Å²) in [5.74, 6) is -0.0519. The SMILES string of the molecule is C=C1C(O)=C(c2ccc(OCP(=C)(O)O)c(O)c2)Oc2cc(O)cc(C)c21. The molecule has 5 N–H and O–H groups in total. The second-order valence-electron chi connectivity index (χ2n) is 6.23. The second-order valence-corrected chi connectivity index (χ2v) is 8.24. The van der Waals surface area contributed by atoms with Crippen LogP contribution in [0.1, 0.15) is 16.7 Å². The molecule has 0 atom stereocenters. The van der Waals surface area contributed by atoms with Gasteiger partial charge in [0.15, 0.2) is 29.4 Å². The van der Waals surface area contributed by atoms with Crippen molar-refractivity contribution in [1.29, 1.82) is 0 Å². The summed E-state index contributed by atoms with van der Waals surface area (Å²) in [6.45, 7) is 5.64. The molecular formula is C19H19O7P. The van der Waals surface area contributed by atoms with Crippen LogP contribution in [0, 0.1) is 6.92 Å². The Morgan fingerprint density at radius 3 is 2.44 bits per heavy atom. The lowest BCUT2D eigenvalue weighted by atomic mass is 9.95. The number of phenolic OH excluding ortho intramolecular Hbond substituents is 2. The quantitative estimate of drug-likeness (QED) is 0.508. The number of aliphatic hydroxyl groups is 1. The van der Waals surface area contributed by atoms with E-state index in [1.807, 2.05) is 0 Å². The Morgan fingerprint density at radius 2 is 1.81 bits per heavy atom. The Labute approximate surface area is 155 Å². The van der Waals surface area contributed by atoms with Crippen LogP contribution < -0.4 is 9.47 Å². The maximum Gasteiger partial charge on any atom is 0.177 e. The molecule has 27 heavy (non-hydrogen) atoms. The molecule has 2 aromatic carbocycles. The first-order valence-corrected chi connectivity index (χ1v) is 9.92. The van der Waals surface area contributed by atoms with Gasteiger partial charge in [-0.2, -0.15) is 0 Å². The van der Waals surface area contributed by atoms with Gasteiger partial charge >= 0.3 is 0 Å². The van der Waals surface area contributed by atoms with Crippen LogP contribution in [0.25, 0.3) is 11.3 Å². The highest BCUT2D eigenvalue weighted by molar-refractivity contribution is 7.62. The molecule has 3 rings (SSSR count). The van der Waals surface area contributed by atoms with Gasteiger partial charge in [0.05, 0.1) is 0 Å². The lowest BCUT2D eigenvalue weighted by Gasteiger charge is -2.24. The molecule has 0 fully saturated rings. The van der Waals surface area contributed by atoms with Crippen molar-refractivity contribution in [3.8, 4) is 23.0 Å². The molecule has 0 saturated carbocycles. The van der Waals surface area contributed by atoms with E-state index in [0.717, 1.165) is 0 Å². The van der Waals surface area contributed by atoms with E-state index in [0.29, 0.717) is 28.0 Å². The summed E-state index contributed by atoms with van der Waals surface area (Å²) in [7, 11) is -3.40. The summed E-state index contributed by atoms with van der Waals surface area (Å²) >= 11 is 0. The van der Waals surface area contributed by atoms with Crippen LogP contribution in [0.5, 0.6) is 23.0 Å². The molecule has 1 heterocycles. The van der Waals surface area contributed by atoms with Crippen LogP contribution in [-0.2, 0) is 0 Å². The highest BCUT2D eigenvalue weighted by Gasteiger charge is 2.27. The third-order valence-corrected chi connectivity index (χ3v) is 4.49. The molecule has 142 valence electrons. The van der Waals surface area contributed by atoms with Crippen molar-refractivity contribution in [3.05, 3.63) is 59.4 Å². The minimum atomic E-state index is -3.40. The predicted octanol–water partition coefficient (Wildman–Crippen LogP) is 3.34. The summed E-state index contributed by atoms with van der Waals surface area (Å²) in [5.41, 5.74) is 1.95. The summed E-state index contributed by atoms with van der Waals surface area (Å²) in [6, 6.07) is 7.17. The first-order valence-electron chi connectivity index (χ1n) is 7.85. The molecule has 7 nitrogen and oxygen atoms in total. The molecule has 2 aromatic rings. The zero-order valence-corrected chi connectivity index (χ0v) is 15.4. The molecule has 0 aromatic heterocycles. The number of allylic oxidation sites excluding steroid dienone is 1. The lowest BCUT2D eigenvalue weighted by Crippen LogP contribution is -2.10. The first kappa shape index (κ1) is 18.9. The Morgan fingerprint density at radius 1 is 1.11 bits per heavy atom. The van der Waals surface area contributed by atoms with Gasteiger partial charge in [-0.15, -0.1) is 0 Å². The lowest BCUT2D eigenvalue weighted by molar-refractivity contribution is 0.326. The van der Waals surface area contributed by atoms with E-state index >= 15 is 0 Å². The molecule has 0 spiro atoms. The summed E-state index contributed by atoms with van der Waals surface area (Å²) in [4.78, 5) is 18.6. The number of hydrogen-bond acceptors (Lipinski definition) is 7. The van der Waals surface area contributed by atoms with Gasteiger partial charge in [0, 0.05) is 22.8 Å². The number of hydrogen-bond donors (Lipinski definition) is 5. The fourth-order valence-electron chi connectivity index (χ4n) is 2.77. The van der Waals surface area contributed by atoms with E-state index in [4.69, 9.17) is 9.47 Å². The fraction of sp³-hybridized carbons (Fsp3) is 0.105. The monoisotopic (exact) mass is 390 g/mol. The number of phenols is 2.